The third-order valence-corrected chi connectivity index (χ3v) is 4.19. The van der Waals surface area contributed by atoms with Crippen LogP contribution < -0.4 is 5.73 Å². The molecule has 0 amide bonds. The van der Waals surface area contributed by atoms with Gasteiger partial charge in [0.2, 0.25) is 0 Å². The summed E-state index contributed by atoms with van der Waals surface area (Å²) in [5, 5.41) is 3.20. The minimum absolute atomic E-state index is 0.571. The first kappa shape index (κ1) is 12.0. The second-order valence-electron chi connectivity index (χ2n) is 4.75. The number of nitrogens with zero attached hydrogens (tertiary/aromatic N) is 2. The van der Waals surface area contributed by atoms with Crippen LogP contribution in [-0.4, -0.2) is 23.0 Å². The Balaban J connectivity index is 1.88. The highest BCUT2D eigenvalue weighted by Crippen LogP contribution is 2.18. The maximum absolute atomic E-state index is 5.57. The largest absolute Gasteiger partial charge is 0.325 e. The summed E-state index contributed by atoms with van der Waals surface area (Å²) in [5.41, 5.74) is 6.77. The van der Waals surface area contributed by atoms with Crippen molar-refractivity contribution in [1.29, 1.82) is 0 Å². The number of aromatic nitrogens is 1. The van der Waals surface area contributed by atoms with Crippen molar-refractivity contribution in [2.24, 2.45) is 11.7 Å². The van der Waals surface area contributed by atoms with Gasteiger partial charge < -0.3 is 5.73 Å². The zero-order valence-electron chi connectivity index (χ0n) is 9.98. The molecule has 1 saturated heterocycles. The van der Waals surface area contributed by atoms with Crippen LogP contribution in [0.4, 0.5) is 0 Å². The number of rotatable bonds is 3. The summed E-state index contributed by atoms with van der Waals surface area (Å²) in [4.78, 5) is 7.05. The van der Waals surface area contributed by atoms with Gasteiger partial charge in [-0.1, -0.05) is 6.92 Å². The molecule has 2 rings (SSSR count). The standard InChI is InChI=1S/C12H21N3S/c1-10-3-2-5-15(6-4-10)8-11-9-16-12(7-13)14-11/h9-10H,2-8,13H2,1H3. The fraction of sp³-hybridized carbons (Fsp3) is 0.750. The van der Waals surface area contributed by atoms with Gasteiger partial charge in [0.25, 0.3) is 0 Å². The van der Waals surface area contributed by atoms with Crippen molar-refractivity contribution >= 4 is 11.3 Å². The minimum Gasteiger partial charge on any atom is -0.325 e. The number of hydrogen-bond acceptors (Lipinski definition) is 4. The van der Waals surface area contributed by atoms with Crippen molar-refractivity contribution in [3.05, 3.63) is 16.1 Å². The van der Waals surface area contributed by atoms with Crippen molar-refractivity contribution < 1.29 is 0 Å². The van der Waals surface area contributed by atoms with Gasteiger partial charge in [-0.2, -0.15) is 0 Å². The topological polar surface area (TPSA) is 42.1 Å². The molecule has 4 heteroatoms. The van der Waals surface area contributed by atoms with Crippen LogP contribution in [0.1, 0.15) is 36.9 Å². The second-order valence-corrected chi connectivity index (χ2v) is 5.69. The average Bonchev–Trinajstić information content (AvgIpc) is 2.63. The van der Waals surface area contributed by atoms with E-state index in [2.05, 4.69) is 22.2 Å². The summed E-state index contributed by atoms with van der Waals surface area (Å²) in [6, 6.07) is 0. The Morgan fingerprint density at radius 1 is 1.50 bits per heavy atom. The Hall–Kier alpha value is -0.450. The Bertz CT molecular complexity index is 324. The predicted octanol–water partition coefficient (Wildman–Crippen LogP) is 2.22. The molecule has 0 saturated carbocycles. The molecular weight excluding hydrogens is 218 g/mol. The summed E-state index contributed by atoms with van der Waals surface area (Å²) in [5.74, 6) is 0.889. The summed E-state index contributed by atoms with van der Waals surface area (Å²) in [6.07, 6.45) is 4.03. The number of thiazole rings is 1. The van der Waals surface area contributed by atoms with Crippen LogP contribution in [0, 0.1) is 5.92 Å². The Morgan fingerprint density at radius 2 is 2.38 bits per heavy atom. The van der Waals surface area contributed by atoms with Crippen LogP contribution >= 0.6 is 11.3 Å². The van der Waals surface area contributed by atoms with E-state index in [4.69, 9.17) is 5.73 Å². The molecule has 1 aliphatic heterocycles. The van der Waals surface area contributed by atoms with Crippen molar-refractivity contribution in [3.8, 4) is 0 Å². The fourth-order valence-electron chi connectivity index (χ4n) is 2.22. The lowest BCUT2D eigenvalue weighted by Crippen LogP contribution is -2.24. The van der Waals surface area contributed by atoms with Crippen molar-refractivity contribution in [3.63, 3.8) is 0 Å². The van der Waals surface area contributed by atoms with Crippen molar-refractivity contribution in [2.45, 2.75) is 39.3 Å². The van der Waals surface area contributed by atoms with Crippen LogP contribution in [0.5, 0.6) is 0 Å². The quantitative estimate of drug-likeness (QED) is 0.879. The van der Waals surface area contributed by atoms with Crippen LogP contribution in [-0.2, 0) is 13.1 Å². The molecule has 3 nitrogen and oxygen atoms in total. The van der Waals surface area contributed by atoms with E-state index in [-0.39, 0.29) is 0 Å². The molecule has 2 heterocycles. The highest BCUT2D eigenvalue weighted by atomic mass is 32.1. The molecular formula is C12H21N3S. The van der Waals surface area contributed by atoms with E-state index >= 15 is 0 Å². The molecule has 0 aromatic carbocycles. The third kappa shape index (κ3) is 3.27. The molecule has 0 radical (unpaired) electrons. The summed E-state index contributed by atoms with van der Waals surface area (Å²) in [7, 11) is 0. The molecule has 0 bridgehead atoms. The molecule has 1 atom stereocenters. The lowest BCUT2D eigenvalue weighted by Gasteiger charge is -2.18. The SMILES string of the molecule is CC1CCCN(Cc2csc(CN)n2)CC1. The zero-order chi connectivity index (χ0) is 11.4. The summed E-state index contributed by atoms with van der Waals surface area (Å²) >= 11 is 1.68. The molecule has 1 unspecified atom stereocenters. The molecule has 0 spiro atoms. The average molecular weight is 239 g/mol. The normalized spacial score (nSPS) is 23.2. The lowest BCUT2D eigenvalue weighted by molar-refractivity contribution is 0.271. The van der Waals surface area contributed by atoms with Crippen LogP contribution in [0.3, 0.4) is 0 Å². The first-order chi connectivity index (χ1) is 7.78. The van der Waals surface area contributed by atoms with E-state index < -0.39 is 0 Å². The van der Waals surface area contributed by atoms with Gasteiger partial charge in [0, 0.05) is 18.5 Å². The lowest BCUT2D eigenvalue weighted by atomic mass is 10.0. The van der Waals surface area contributed by atoms with Gasteiger partial charge in [0.05, 0.1) is 5.69 Å². The number of hydrogen-bond donors (Lipinski definition) is 1. The maximum Gasteiger partial charge on any atom is 0.106 e. The first-order valence-electron chi connectivity index (χ1n) is 6.13. The van der Waals surface area contributed by atoms with Gasteiger partial charge in [-0.25, -0.2) is 4.98 Å². The molecule has 1 aromatic rings. The molecule has 1 aromatic heterocycles. The Labute approximate surface area is 102 Å². The van der Waals surface area contributed by atoms with Crippen LogP contribution in [0.25, 0.3) is 0 Å². The Kier molecular flexibility index (Phi) is 4.32. The fourth-order valence-corrected chi connectivity index (χ4v) is 2.89. The molecule has 16 heavy (non-hydrogen) atoms. The second kappa shape index (κ2) is 5.75. The summed E-state index contributed by atoms with van der Waals surface area (Å²) < 4.78 is 0. The van der Waals surface area contributed by atoms with E-state index in [1.807, 2.05) is 0 Å². The number of likely N-dealkylation sites (tertiary alicyclic amines) is 1. The van der Waals surface area contributed by atoms with Crippen LogP contribution in [0.15, 0.2) is 5.38 Å². The minimum atomic E-state index is 0.571. The van der Waals surface area contributed by atoms with E-state index in [0.29, 0.717) is 6.54 Å². The van der Waals surface area contributed by atoms with Crippen molar-refractivity contribution in [2.75, 3.05) is 13.1 Å². The highest BCUT2D eigenvalue weighted by molar-refractivity contribution is 7.09. The van der Waals surface area contributed by atoms with E-state index in [1.165, 1.54) is 38.0 Å². The Morgan fingerprint density at radius 3 is 3.12 bits per heavy atom. The van der Waals surface area contributed by atoms with Crippen LogP contribution in [0.2, 0.25) is 0 Å². The molecule has 2 N–H and O–H groups in total. The van der Waals surface area contributed by atoms with Gasteiger partial charge in [-0.3, -0.25) is 4.90 Å². The smallest absolute Gasteiger partial charge is 0.106 e. The van der Waals surface area contributed by atoms with Gasteiger partial charge in [-0.05, 0) is 38.3 Å². The van der Waals surface area contributed by atoms with Crippen molar-refractivity contribution in [1.82, 2.24) is 9.88 Å². The first-order valence-corrected chi connectivity index (χ1v) is 7.01. The van der Waals surface area contributed by atoms with E-state index in [9.17, 15) is 0 Å². The predicted molar refractivity (Wildman–Crippen MR) is 68.3 cm³/mol. The molecule has 1 fully saturated rings. The van der Waals surface area contributed by atoms with Gasteiger partial charge in [-0.15, -0.1) is 11.3 Å². The van der Waals surface area contributed by atoms with E-state index in [1.54, 1.807) is 11.3 Å². The zero-order valence-corrected chi connectivity index (χ0v) is 10.8. The van der Waals surface area contributed by atoms with Gasteiger partial charge in [0.15, 0.2) is 0 Å². The summed E-state index contributed by atoms with van der Waals surface area (Å²) in [6.45, 7) is 6.38. The van der Waals surface area contributed by atoms with Gasteiger partial charge >= 0.3 is 0 Å². The molecule has 1 aliphatic rings. The van der Waals surface area contributed by atoms with Gasteiger partial charge in [0.1, 0.15) is 5.01 Å². The molecule has 0 aliphatic carbocycles. The maximum atomic E-state index is 5.57. The monoisotopic (exact) mass is 239 g/mol. The number of nitrogens with two attached hydrogens (primary N) is 1. The van der Waals surface area contributed by atoms with E-state index in [0.717, 1.165) is 17.5 Å². The highest BCUT2D eigenvalue weighted by Gasteiger charge is 2.14. The molecule has 90 valence electrons. The third-order valence-electron chi connectivity index (χ3n) is 3.27.